The van der Waals surface area contributed by atoms with Gasteiger partial charge in [-0.3, -0.25) is 4.79 Å². The Balaban J connectivity index is 2.08. The smallest absolute Gasteiger partial charge is 0.141 e. The van der Waals surface area contributed by atoms with Crippen molar-refractivity contribution < 1.29 is 9.53 Å². The van der Waals surface area contributed by atoms with Crippen LogP contribution in [0.25, 0.3) is 0 Å². The molecule has 20 heavy (non-hydrogen) atoms. The largest absolute Gasteiger partial charge is 0.496 e. The summed E-state index contributed by atoms with van der Waals surface area (Å²) in [6, 6.07) is 13.3. The molecular weight excluding hydrogens is 250 g/mol. The number of Topliss-reactive ketones (excluding diaryl/α,β-unsaturated/α-hetero) is 1. The van der Waals surface area contributed by atoms with Gasteiger partial charge in [-0.25, -0.2) is 0 Å². The molecule has 0 heterocycles. The minimum absolute atomic E-state index is 0.165. The summed E-state index contributed by atoms with van der Waals surface area (Å²) in [5.41, 5.74) is 9.39. The minimum atomic E-state index is 0.165. The van der Waals surface area contributed by atoms with Crippen LogP contribution in [0.1, 0.15) is 16.7 Å². The number of aryl methyl sites for hydroxylation is 1. The number of nitrogen functional groups attached to an aromatic ring is 1. The maximum absolute atomic E-state index is 12.2. The Morgan fingerprint density at radius 2 is 1.80 bits per heavy atom. The number of ketones is 1. The monoisotopic (exact) mass is 269 g/mol. The second kappa shape index (κ2) is 6.24. The van der Waals surface area contributed by atoms with E-state index < -0.39 is 0 Å². The summed E-state index contributed by atoms with van der Waals surface area (Å²) in [6.45, 7) is 2.01. The van der Waals surface area contributed by atoms with Gasteiger partial charge in [-0.2, -0.15) is 0 Å². The molecule has 2 aromatic rings. The second-order valence-corrected chi connectivity index (χ2v) is 4.95. The van der Waals surface area contributed by atoms with Crippen molar-refractivity contribution >= 4 is 11.5 Å². The average molecular weight is 269 g/mol. The fraction of sp³-hybridized carbons (Fsp3) is 0.235. The van der Waals surface area contributed by atoms with Crippen LogP contribution >= 0.6 is 0 Å². The topological polar surface area (TPSA) is 52.3 Å². The van der Waals surface area contributed by atoms with E-state index in [4.69, 9.17) is 10.5 Å². The summed E-state index contributed by atoms with van der Waals surface area (Å²) in [7, 11) is 1.62. The van der Waals surface area contributed by atoms with Crippen molar-refractivity contribution in [2.45, 2.75) is 19.8 Å². The van der Waals surface area contributed by atoms with Gasteiger partial charge in [0.2, 0.25) is 0 Å². The summed E-state index contributed by atoms with van der Waals surface area (Å²) in [4.78, 5) is 12.2. The van der Waals surface area contributed by atoms with E-state index in [1.807, 2.05) is 49.4 Å². The second-order valence-electron chi connectivity index (χ2n) is 4.95. The SMILES string of the molecule is COc1ccc(C)cc1CC(=O)Cc1ccc(N)cc1. The molecule has 0 amide bonds. The lowest BCUT2D eigenvalue weighted by Gasteiger charge is -2.09. The van der Waals surface area contributed by atoms with Crippen molar-refractivity contribution in [1.82, 2.24) is 0 Å². The molecule has 0 radical (unpaired) electrons. The van der Waals surface area contributed by atoms with Crippen molar-refractivity contribution in [3.63, 3.8) is 0 Å². The zero-order valence-electron chi connectivity index (χ0n) is 11.8. The van der Waals surface area contributed by atoms with Crippen LogP contribution in [0.15, 0.2) is 42.5 Å². The van der Waals surface area contributed by atoms with Gasteiger partial charge in [0.25, 0.3) is 0 Å². The highest BCUT2D eigenvalue weighted by molar-refractivity contribution is 5.83. The summed E-state index contributed by atoms with van der Waals surface area (Å²) >= 11 is 0. The molecule has 2 aromatic carbocycles. The number of carbonyl (C=O) groups is 1. The molecule has 0 unspecified atom stereocenters. The first-order valence-electron chi connectivity index (χ1n) is 6.58. The Labute approximate surface area is 119 Å². The van der Waals surface area contributed by atoms with Gasteiger partial charge < -0.3 is 10.5 Å². The van der Waals surface area contributed by atoms with Crippen LogP contribution in [0.5, 0.6) is 5.75 Å². The maximum atomic E-state index is 12.2. The number of carbonyl (C=O) groups excluding carboxylic acids is 1. The number of benzene rings is 2. The van der Waals surface area contributed by atoms with Crippen LogP contribution in [0.2, 0.25) is 0 Å². The Morgan fingerprint density at radius 3 is 2.45 bits per heavy atom. The molecule has 0 fully saturated rings. The molecule has 0 spiro atoms. The predicted octanol–water partition coefficient (Wildman–Crippen LogP) is 2.94. The molecule has 0 atom stereocenters. The number of ether oxygens (including phenoxy) is 1. The molecule has 2 N–H and O–H groups in total. The summed E-state index contributed by atoms with van der Waals surface area (Å²) in [5, 5.41) is 0. The predicted molar refractivity (Wildman–Crippen MR) is 81.0 cm³/mol. The van der Waals surface area contributed by atoms with Gasteiger partial charge in [-0.15, -0.1) is 0 Å². The van der Waals surface area contributed by atoms with Crippen LogP contribution in [0.3, 0.4) is 0 Å². The number of hydrogen-bond donors (Lipinski definition) is 1. The van der Waals surface area contributed by atoms with Crippen LogP contribution in [0.4, 0.5) is 5.69 Å². The molecule has 104 valence electrons. The van der Waals surface area contributed by atoms with Gasteiger partial charge >= 0.3 is 0 Å². The van der Waals surface area contributed by atoms with Crippen LogP contribution in [-0.4, -0.2) is 12.9 Å². The van der Waals surface area contributed by atoms with Crippen LogP contribution < -0.4 is 10.5 Å². The number of methoxy groups -OCH3 is 1. The highest BCUT2D eigenvalue weighted by Crippen LogP contribution is 2.21. The molecule has 0 bridgehead atoms. The third-order valence-corrected chi connectivity index (χ3v) is 3.20. The van der Waals surface area contributed by atoms with E-state index >= 15 is 0 Å². The van der Waals surface area contributed by atoms with Gasteiger partial charge in [0.05, 0.1) is 7.11 Å². The van der Waals surface area contributed by atoms with E-state index in [1.54, 1.807) is 7.11 Å². The first-order chi connectivity index (χ1) is 9.58. The van der Waals surface area contributed by atoms with Crippen molar-refractivity contribution in [3.8, 4) is 5.75 Å². The van der Waals surface area contributed by atoms with E-state index in [0.717, 1.165) is 22.4 Å². The molecule has 0 aliphatic heterocycles. The highest BCUT2D eigenvalue weighted by Gasteiger charge is 2.10. The number of rotatable bonds is 5. The Morgan fingerprint density at radius 1 is 1.10 bits per heavy atom. The van der Waals surface area contributed by atoms with Gasteiger partial charge in [-0.1, -0.05) is 29.8 Å². The van der Waals surface area contributed by atoms with E-state index in [2.05, 4.69) is 0 Å². The summed E-state index contributed by atoms with van der Waals surface area (Å²) in [6.07, 6.45) is 0.798. The quantitative estimate of drug-likeness (QED) is 0.849. The molecule has 2 rings (SSSR count). The van der Waals surface area contributed by atoms with E-state index in [9.17, 15) is 4.79 Å². The molecule has 0 saturated carbocycles. The molecule has 3 nitrogen and oxygen atoms in total. The zero-order chi connectivity index (χ0) is 14.5. The maximum Gasteiger partial charge on any atom is 0.141 e. The van der Waals surface area contributed by atoms with Gasteiger partial charge in [0.1, 0.15) is 11.5 Å². The first kappa shape index (κ1) is 14.1. The lowest BCUT2D eigenvalue weighted by molar-refractivity contribution is -0.117. The average Bonchev–Trinajstić information content (AvgIpc) is 2.41. The molecule has 3 heteroatoms. The van der Waals surface area contributed by atoms with E-state index in [-0.39, 0.29) is 5.78 Å². The lowest BCUT2D eigenvalue weighted by atomic mass is 10.0. The van der Waals surface area contributed by atoms with Gasteiger partial charge in [0, 0.05) is 24.1 Å². The van der Waals surface area contributed by atoms with Gasteiger partial charge in [0.15, 0.2) is 0 Å². The molecule has 0 saturated heterocycles. The Bertz CT molecular complexity index is 603. The minimum Gasteiger partial charge on any atom is -0.496 e. The van der Waals surface area contributed by atoms with Crippen LogP contribution in [0, 0.1) is 6.92 Å². The first-order valence-corrected chi connectivity index (χ1v) is 6.58. The molecule has 0 aliphatic carbocycles. The van der Waals surface area contributed by atoms with Crippen LogP contribution in [-0.2, 0) is 17.6 Å². The normalized spacial score (nSPS) is 10.3. The fourth-order valence-electron chi connectivity index (χ4n) is 2.18. The Kier molecular flexibility index (Phi) is 4.41. The van der Waals surface area contributed by atoms with Crippen molar-refractivity contribution in [3.05, 3.63) is 59.2 Å². The van der Waals surface area contributed by atoms with Crippen molar-refractivity contribution in [2.24, 2.45) is 0 Å². The number of hydrogen-bond acceptors (Lipinski definition) is 3. The third kappa shape index (κ3) is 3.60. The van der Waals surface area contributed by atoms with Crippen molar-refractivity contribution in [1.29, 1.82) is 0 Å². The van der Waals surface area contributed by atoms with E-state index in [1.165, 1.54) is 0 Å². The van der Waals surface area contributed by atoms with Gasteiger partial charge in [-0.05, 0) is 30.7 Å². The third-order valence-electron chi connectivity index (χ3n) is 3.20. The summed E-state index contributed by atoms with van der Waals surface area (Å²) in [5.74, 6) is 0.930. The van der Waals surface area contributed by atoms with Crippen molar-refractivity contribution in [2.75, 3.05) is 12.8 Å². The zero-order valence-corrected chi connectivity index (χ0v) is 11.8. The standard InChI is InChI=1S/C17H19NO2/c1-12-3-8-17(20-2)14(9-12)11-16(19)10-13-4-6-15(18)7-5-13/h3-9H,10-11,18H2,1-2H3. The Hall–Kier alpha value is -2.29. The lowest BCUT2D eigenvalue weighted by Crippen LogP contribution is -2.08. The number of nitrogens with two attached hydrogens (primary N) is 1. The molecular formula is C17H19NO2. The van der Waals surface area contributed by atoms with E-state index in [0.29, 0.717) is 18.5 Å². The molecule has 0 aromatic heterocycles. The summed E-state index contributed by atoms with van der Waals surface area (Å²) < 4.78 is 5.30. The highest BCUT2D eigenvalue weighted by atomic mass is 16.5. The number of anilines is 1. The molecule has 0 aliphatic rings. The fourth-order valence-corrected chi connectivity index (χ4v) is 2.18.